The Morgan fingerprint density at radius 2 is 1.78 bits per heavy atom. The van der Waals surface area contributed by atoms with Crippen LogP contribution in [0.5, 0.6) is 0 Å². The Morgan fingerprint density at radius 3 is 1.89 bits per heavy atom. The second-order valence-electron chi connectivity index (χ2n) is 1.45. The minimum atomic E-state index is -1.79. The van der Waals surface area contributed by atoms with Crippen LogP contribution in [-0.4, -0.2) is 33.4 Å². The lowest BCUT2D eigenvalue weighted by Crippen LogP contribution is -2.22. The van der Waals surface area contributed by atoms with Crippen molar-refractivity contribution < 1.29 is 24.9 Å². The third kappa shape index (κ3) is 3.48. The molecule has 0 rings (SSSR count). The number of carbonyl (C=O) groups is 2. The second-order valence-corrected chi connectivity index (χ2v) is 1.45. The van der Waals surface area contributed by atoms with Gasteiger partial charge in [-0.1, -0.05) is 0 Å². The number of hydrogen-bond donors (Lipinski definition) is 3. The monoisotopic (exact) mass is 138 g/mol. The van der Waals surface area contributed by atoms with Gasteiger partial charge in [0.1, 0.15) is 0 Å². The second kappa shape index (κ2) is 3.03. The van der Waals surface area contributed by atoms with Crippen molar-refractivity contribution in [1.82, 2.24) is 0 Å². The van der Waals surface area contributed by atoms with Crippen LogP contribution in [0.25, 0.3) is 0 Å². The van der Waals surface area contributed by atoms with Crippen molar-refractivity contribution in [2.45, 2.75) is 12.5 Å². The highest BCUT2D eigenvalue weighted by Gasteiger charge is 2.16. The van der Waals surface area contributed by atoms with Crippen LogP contribution in [0.2, 0.25) is 0 Å². The van der Waals surface area contributed by atoms with Crippen LogP contribution in [0, 0.1) is 0 Å². The van der Waals surface area contributed by atoms with Crippen molar-refractivity contribution in [1.29, 1.82) is 0 Å². The quantitative estimate of drug-likeness (QED) is 0.430. The number of rotatable bonds is 3. The maximum atomic E-state index is 9.72. The molecule has 0 unspecified atom stereocenters. The van der Waals surface area contributed by atoms with Gasteiger partial charge in [-0.3, -0.25) is 4.79 Å². The van der Waals surface area contributed by atoms with E-state index in [2.05, 4.69) is 0 Å². The van der Waals surface area contributed by atoms with E-state index in [4.69, 9.17) is 15.3 Å². The fraction of sp³-hybridized carbons (Fsp3) is 0.500. The molecule has 0 saturated carbocycles. The van der Waals surface area contributed by atoms with Gasteiger partial charge in [0.15, 0.2) is 6.10 Å². The predicted molar refractivity (Wildman–Crippen MR) is 25.9 cm³/mol. The van der Waals surface area contributed by atoms with Crippen LogP contribution in [0.3, 0.4) is 0 Å². The fourth-order valence-electron chi connectivity index (χ4n) is 0.253. The summed E-state index contributed by atoms with van der Waals surface area (Å²) in [6.45, 7) is 0. The zero-order valence-corrected chi connectivity index (χ0v) is 4.44. The lowest BCUT2D eigenvalue weighted by atomic mass is 11.2. The maximum absolute atomic E-state index is 9.72. The highest BCUT2D eigenvalue weighted by atomic mass is 16.5. The molecule has 0 aromatic carbocycles. The summed E-state index contributed by atoms with van der Waals surface area (Å²) in [5.74, 6) is -2.85. The molecule has 0 heterocycles. The van der Waals surface area contributed by atoms with Crippen LogP contribution in [-0.2, 0) is 9.59 Å². The summed E-state index contributed by atoms with van der Waals surface area (Å²) >= 11 is 0. The van der Waals surface area contributed by atoms with E-state index < -0.39 is 24.5 Å². The normalized spacial score (nSPS) is 12.6. The molecule has 5 nitrogen and oxygen atoms in total. The van der Waals surface area contributed by atoms with Crippen LogP contribution < -0.4 is 0 Å². The molecule has 0 aliphatic heterocycles. The Kier molecular flexibility index (Phi) is 2.66. The highest BCUT2D eigenvalue weighted by molar-refractivity contribution is 5.79. The number of carboxylic acids is 2. The van der Waals surface area contributed by atoms with Crippen molar-refractivity contribution in [2.75, 3.05) is 0 Å². The van der Waals surface area contributed by atoms with Gasteiger partial charge in [-0.05, 0) is 0 Å². The fourth-order valence-corrected chi connectivity index (χ4v) is 0.253. The molecule has 52 valence electrons. The summed E-state index contributed by atoms with van der Waals surface area (Å²) in [6.07, 6.45) is -2.54. The van der Waals surface area contributed by atoms with Crippen molar-refractivity contribution in [3.63, 3.8) is 0 Å². The molecule has 0 aliphatic carbocycles. The lowest BCUT2D eigenvalue weighted by molar-refractivity contribution is -0.152. The van der Waals surface area contributed by atoms with E-state index in [1.807, 2.05) is 0 Å². The van der Waals surface area contributed by atoms with E-state index in [-0.39, 0.29) is 0 Å². The molecule has 0 radical (unpaired) electrons. The first-order valence-corrected chi connectivity index (χ1v) is 2.16. The van der Waals surface area contributed by atoms with E-state index in [1.165, 1.54) is 0 Å². The molecule has 3 N–H and O–H groups in total. The Hall–Kier alpha value is -1.10. The van der Waals surface area contributed by atoms with Crippen LogP contribution in [0.1, 0.15) is 6.42 Å². The molecule has 9 heavy (non-hydrogen) atoms. The molecule has 0 bridgehead atoms. The molecule has 0 amide bonds. The number of carboxylic acid groups (broad SMARTS) is 2. The van der Waals surface area contributed by atoms with E-state index in [0.717, 1.165) is 0 Å². The number of aliphatic carboxylic acids is 2. The first kappa shape index (κ1) is 7.90. The van der Waals surface area contributed by atoms with Crippen molar-refractivity contribution >= 4 is 11.9 Å². The Labute approximate surface area is 50.5 Å². The van der Waals surface area contributed by atoms with E-state index in [9.17, 15) is 9.59 Å². The Morgan fingerprint density at radius 1 is 1.33 bits per heavy atom. The van der Waals surface area contributed by atoms with Crippen LogP contribution in [0.4, 0.5) is 0 Å². The molecule has 0 aliphatic rings. The number of aliphatic hydroxyl groups is 1. The van der Waals surface area contributed by atoms with Crippen LogP contribution in [0.15, 0.2) is 0 Å². The van der Waals surface area contributed by atoms with Gasteiger partial charge >= 0.3 is 11.9 Å². The molecule has 0 spiro atoms. The number of hydrogen-bond acceptors (Lipinski definition) is 3. The minimum absolute atomic E-state index is 0.755. The molecular formula is C4H6O5. The molecule has 5 heteroatoms. The van der Waals surface area contributed by atoms with Crippen molar-refractivity contribution in [3.05, 3.63) is 0 Å². The molecule has 1 atom stereocenters. The standard InChI is InChI=1S/C4H6O5/c5-2(4(8)9)1-3(6)7/h2,5H,1H2,(H,6,7)(H,8,9)/t2-/m0/s1/i1+1,2+1,3+1,4+1. The van der Waals surface area contributed by atoms with Gasteiger partial charge < -0.3 is 15.3 Å². The van der Waals surface area contributed by atoms with Gasteiger partial charge in [-0.15, -0.1) is 0 Å². The topological polar surface area (TPSA) is 94.8 Å². The maximum Gasteiger partial charge on any atom is 0.333 e. The Balaban J connectivity index is 3.63. The SMILES string of the molecule is O=[13C](O)[13CH2][13C@H](O)[13C](=O)O. The smallest absolute Gasteiger partial charge is 0.333 e. The largest absolute Gasteiger partial charge is 0.481 e. The molecular weight excluding hydrogens is 132 g/mol. The zero-order valence-electron chi connectivity index (χ0n) is 4.44. The summed E-state index contributed by atoms with van der Waals surface area (Å²) in [5, 5.41) is 24.1. The Bertz CT molecular complexity index is 129. The van der Waals surface area contributed by atoms with E-state index >= 15 is 0 Å². The summed E-state index contributed by atoms with van der Waals surface area (Å²) in [6, 6.07) is 0. The first-order valence-electron chi connectivity index (χ1n) is 2.16. The van der Waals surface area contributed by atoms with Gasteiger partial charge in [0.05, 0.1) is 6.42 Å². The van der Waals surface area contributed by atoms with Gasteiger partial charge in [-0.2, -0.15) is 0 Å². The van der Waals surface area contributed by atoms with Crippen LogP contribution >= 0.6 is 0 Å². The average molecular weight is 138 g/mol. The average Bonchev–Trinajstić information content (AvgIpc) is 1.63. The van der Waals surface area contributed by atoms with Gasteiger partial charge in [0, 0.05) is 0 Å². The molecule has 0 aromatic heterocycles. The van der Waals surface area contributed by atoms with E-state index in [0.29, 0.717) is 0 Å². The van der Waals surface area contributed by atoms with Gasteiger partial charge in [0.25, 0.3) is 0 Å². The molecule has 0 fully saturated rings. The summed E-state index contributed by atoms with van der Waals surface area (Å²) in [4.78, 5) is 19.4. The van der Waals surface area contributed by atoms with Crippen molar-refractivity contribution in [2.24, 2.45) is 0 Å². The third-order valence-corrected chi connectivity index (χ3v) is 0.653. The first-order chi connectivity index (χ1) is 4.04. The summed E-state index contributed by atoms with van der Waals surface area (Å²) in [5.41, 5.74) is 0. The highest BCUT2D eigenvalue weighted by Crippen LogP contribution is 1.89. The lowest BCUT2D eigenvalue weighted by Gasteiger charge is -1.97. The number of aliphatic hydroxyl groups excluding tert-OH is 1. The minimum Gasteiger partial charge on any atom is -0.481 e. The summed E-state index contributed by atoms with van der Waals surface area (Å²) in [7, 11) is 0. The predicted octanol–water partition coefficient (Wildman–Crippen LogP) is -1.09. The third-order valence-electron chi connectivity index (χ3n) is 0.653. The molecule has 0 aromatic rings. The van der Waals surface area contributed by atoms with Crippen molar-refractivity contribution in [3.8, 4) is 0 Å². The summed E-state index contributed by atoms with van der Waals surface area (Å²) < 4.78 is 0. The van der Waals surface area contributed by atoms with E-state index in [1.54, 1.807) is 0 Å². The van der Waals surface area contributed by atoms with Gasteiger partial charge in [-0.25, -0.2) is 4.79 Å². The van der Waals surface area contributed by atoms with Gasteiger partial charge in [0.2, 0.25) is 0 Å². The molecule has 0 saturated heterocycles. The zero-order chi connectivity index (χ0) is 7.44.